The van der Waals surface area contributed by atoms with E-state index in [1.54, 1.807) is 6.07 Å². The van der Waals surface area contributed by atoms with Crippen molar-refractivity contribution in [2.75, 3.05) is 0 Å². The summed E-state index contributed by atoms with van der Waals surface area (Å²) in [7, 11) is 0. The van der Waals surface area contributed by atoms with Crippen molar-refractivity contribution < 1.29 is 9.90 Å². The molecule has 1 aromatic rings. The van der Waals surface area contributed by atoms with Crippen LogP contribution in [0.5, 0.6) is 0 Å². The molecule has 3 nitrogen and oxygen atoms in total. The van der Waals surface area contributed by atoms with Gasteiger partial charge in [0.05, 0.1) is 0 Å². The van der Waals surface area contributed by atoms with Gasteiger partial charge in [0.25, 0.3) is 0 Å². The van der Waals surface area contributed by atoms with E-state index in [4.69, 9.17) is 22.4 Å². The summed E-state index contributed by atoms with van der Waals surface area (Å²) >= 11 is 5.97. The third-order valence-electron chi connectivity index (χ3n) is 2.42. The normalized spacial score (nSPS) is 12.8. The van der Waals surface area contributed by atoms with Crippen LogP contribution in [-0.2, 0) is 11.2 Å². The number of halogens is 1. The molecule has 0 saturated carbocycles. The fourth-order valence-electron chi connectivity index (χ4n) is 1.47. The van der Waals surface area contributed by atoms with Crippen LogP contribution in [0.25, 0.3) is 0 Å². The molecular formula is C12H16ClNO2. The lowest BCUT2D eigenvalue weighted by Gasteiger charge is -2.11. The Labute approximate surface area is 100 Å². The number of nitrogens with two attached hydrogens (primary N) is 1. The lowest BCUT2D eigenvalue weighted by Crippen LogP contribution is -2.32. The minimum atomic E-state index is -0.994. The molecule has 4 heteroatoms. The number of hydrogen-bond donors (Lipinski definition) is 2. The number of rotatable bonds is 4. The minimum Gasteiger partial charge on any atom is -0.480 e. The van der Waals surface area contributed by atoms with Gasteiger partial charge in [-0.15, -0.1) is 0 Å². The van der Waals surface area contributed by atoms with Gasteiger partial charge in [-0.25, -0.2) is 0 Å². The van der Waals surface area contributed by atoms with Gasteiger partial charge >= 0.3 is 5.97 Å². The van der Waals surface area contributed by atoms with E-state index in [0.29, 0.717) is 17.4 Å². The van der Waals surface area contributed by atoms with Gasteiger partial charge in [-0.05, 0) is 35.6 Å². The van der Waals surface area contributed by atoms with Crippen molar-refractivity contribution >= 4 is 17.6 Å². The van der Waals surface area contributed by atoms with Crippen molar-refractivity contribution in [3.63, 3.8) is 0 Å². The molecule has 0 fully saturated rings. The number of carboxylic acid groups (broad SMARTS) is 1. The Morgan fingerprint density at radius 3 is 2.56 bits per heavy atom. The van der Waals surface area contributed by atoms with Crippen LogP contribution in [0.3, 0.4) is 0 Å². The molecular weight excluding hydrogens is 226 g/mol. The lowest BCUT2D eigenvalue weighted by atomic mass is 9.98. The van der Waals surface area contributed by atoms with Crippen LogP contribution >= 0.6 is 11.6 Å². The molecule has 16 heavy (non-hydrogen) atoms. The molecule has 88 valence electrons. The molecule has 3 N–H and O–H groups in total. The first-order chi connectivity index (χ1) is 7.40. The van der Waals surface area contributed by atoms with Crippen molar-refractivity contribution in [3.05, 3.63) is 34.3 Å². The largest absolute Gasteiger partial charge is 0.480 e. The predicted molar refractivity (Wildman–Crippen MR) is 64.9 cm³/mol. The number of carbonyl (C=O) groups is 1. The average molecular weight is 242 g/mol. The minimum absolute atomic E-state index is 0.301. The molecule has 0 spiro atoms. The Kier molecular flexibility index (Phi) is 4.33. The molecule has 1 unspecified atom stereocenters. The van der Waals surface area contributed by atoms with Gasteiger partial charge in [-0.1, -0.05) is 31.5 Å². The molecule has 1 rings (SSSR count). The smallest absolute Gasteiger partial charge is 0.320 e. The highest BCUT2D eigenvalue weighted by Crippen LogP contribution is 2.22. The summed E-state index contributed by atoms with van der Waals surface area (Å²) in [4.78, 5) is 10.6. The van der Waals surface area contributed by atoms with Gasteiger partial charge in [0, 0.05) is 5.02 Å². The van der Waals surface area contributed by atoms with Gasteiger partial charge in [-0.3, -0.25) is 4.79 Å². The van der Waals surface area contributed by atoms with E-state index < -0.39 is 12.0 Å². The summed E-state index contributed by atoms with van der Waals surface area (Å²) in [5.41, 5.74) is 7.45. The van der Waals surface area contributed by atoms with E-state index in [2.05, 4.69) is 13.8 Å². The van der Waals surface area contributed by atoms with E-state index in [1.165, 1.54) is 0 Å². The maximum absolute atomic E-state index is 10.6. The Morgan fingerprint density at radius 2 is 2.06 bits per heavy atom. The highest BCUT2D eigenvalue weighted by molar-refractivity contribution is 6.30. The summed E-state index contributed by atoms with van der Waals surface area (Å²) in [5.74, 6) is -0.635. The van der Waals surface area contributed by atoms with Crippen LogP contribution in [0, 0.1) is 0 Å². The van der Waals surface area contributed by atoms with E-state index >= 15 is 0 Å². The maximum Gasteiger partial charge on any atom is 0.320 e. The molecule has 0 heterocycles. The van der Waals surface area contributed by atoms with E-state index in [1.807, 2.05) is 12.1 Å². The second kappa shape index (κ2) is 5.32. The molecule has 1 atom stereocenters. The third-order valence-corrected chi connectivity index (χ3v) is 2.64. The monoisotopic (exact) mass is 241 g/mol. The van der Waals surface area contributed by atoms with E-state index in [-0.39, 0.29) is 0 Å². The van der Waals surface area contributed by atoms with Crippen molar-refractivity contribution in [2.45, 2.75) is 32.2 Å². The molecule has 1 aromatic carbocycles. The van der Waals surface area contributed by atoms with Crippen molar-refractivity contribution in [1.82, 2.24) is 0 Å². The van der Waals surface area contributed by atoms with Crippen LogP contribution in [0.4, 0.5) is 0 Å². The van der Waals surface area contributed by atoms with Crippen molar-refractivity contribution in [2.24, 2.45) is 5.73 Å². The Bertz CT molecular complexity index is 391. The molecule has 0 aliphatic carbocycles. The summed E-state index contributed by atoms with van der Waals surface area (Å²) in [6, 6.07) is 4.73. The fraction of sp³-hybridized carbons (Fsp3) is 0.417. The second-order valence-corrected chi connectivity index (χ2v) is 4.63. The number of aliphatic carboxylic acids is 1. The molecule has 0 aliphatic heterocycles. The summed E-state index contributed by atoms with van der Waals surface area (Å²) < 4.78 is 0. The standard InChI is InChI=1S/C12H16ClNO2/c1-7(2)9-3-8(4-10(13)6-9)5-11(14)12(15)16/h3-4,6-7,11H,5,14H2,1-2H3,(H,15,16). The Morgan fingerprint density at radius 1 is 1.44 bits per heavy atom. The van der Waals surface area contributed by atoms with Crippen LogP contribution in [0.2, 0.25) is 5.02 Å². The third kappa shape index (κ3) is 3.51. The first kappa shape index (κ1) is 13.0. The zero-order chi connectivity index (χ0) is 12.3. The topological polar surface area (TPSA) is 63.3 Å². The van der Waals surface area contributed by atoms with Gasteiger partial charge in [0.2, 0.25) is 0 Å². The highest BCUT2D eigenvalue weighted by atomic mass is 35.5. The molecule has 0 saturated heterocycles. The molecule has 0 radical (unpaired) electrons. The quantitative estimate of drug-likeness (QED) is 0.851. The van der Waals surface area contributed by atoms with Crippen LogP contribution in [0.15, 0.2) is 18.2 Å². The lowest BCUT2D eigenvalue weighted by molar-refractivity contribution is -0.138. The first-order valence-electron chi connectivity index (χ1n) is 5.18. The summed E-state index contributed by atoms with van der Waals surface area (Å²) in [6.07, 6.45) is 0.301. The average Bonchev–Trinajstić information content (AvgIpc) is 2.16. The SMILES string of the molecule is CC(C)c1cc(Cl)cc(CC(N)C(=O)O)c1. The molecule has 0 aliphatic rings. The number of benzene rings is 1. The van der Waals surface area contributed by atoms with Gasteiger partial charge in [0.15, 0.2) is 0 Å². The highest BCUT2D eigenvalue weighted by Gasteiger charge is 2.13. The van der Waals surface area contributed by atoms with Gasteiger partial charge in [-0.2, -0.15) is 0 Å². The predicted octanol–water partition coefficient (Wildman–Crippen LogP) is 2.42. The Balaban J connectivity index is 2.92. The van der Waals surface area contributed by atoms with Crippen LogP contribution in [0.1, 0.15) is 30.9 Å². The number of carboxylic acids is 1. The zero-order valence-corrected chi connectivity index (χ0v) is 10.2. The van der Waals surface area contributed by atoms with Gasteiger partial charge < -0.3 is 10.8 Å². The van der Waals surface area contributed by atoms with Crippen LogP contribution in [-0.4, -0.2) is 17.1 Å². The summed E-state index contributed by atoms with van der Waals surface area (Å²) in [6.45, 7) is 4.12. The van der Waals surface area contributed by atoms with Gasteiger partial charge in [0.1, 0.15) is 6.04 Å². The van der Waals surface area contributed by atoms with Crippen LogP contribution < -0.4 is 5.73 Å². The molecule has 0 bridgehead atoms. The number of hydrogen-bond acceptors (Lipinski definition) is 2. The van der Waals surface area contributed by atoms with E-state index in [0.717, 1.165) is 11.1 Å². The molecule has 0 amide bonds. The second-order valence-electron chi connectivity index (χ2n) is 4.20. The zero-order valence-electron chi connectivity index (χ0n) is 9.40. The Hall–Kier alpha value is -1.06. The summed E-state index contributed by atoms with van der Waals surface area (Å²) in [5, 5.41) is 9.36. The first-order valence-corrected chi connectivity index (χ1v) is 5.55. The fourth-order valence-corrected chi connectivity index (χ4v) is 1.73. The maximum atomic E-state index is 10.6. The van der Waals surface area contributed by atoms with Crippen molar-refractivity contribution in [3.8, 4) is 0 Å². The van der Waals surface area contributed by atoms with Crippen molar-refractivity contribution in [1.29, 1.82) is 0 Å². The van der Waals surface area contributed by atoms with E-state index in [9.17, 15) is 4.79 Å². The molecule has 0 aromatic heterocycles.